The Bertz CT molecular complexity index is 627. The van der Waals surface area contributed by atoms with E-state index in [0.717, 1.165) is 0 Å². The maximum absolute atomic E-state index is 12.0. The number of hydrogen-bond donors (Lipinski definition) is 4. The average molecular weight is 300 g/mol. The SMILES string of the molecule is CNC(=O)CCNS(=O)(=O)c1ccc(C(N)=O)cc1N. The summed E-state index contributed by atoms with van der Waals surface area (Å²) in [5.41, 5.74) is 10.7. The molecule has 6 N–H and O–H groups in total. The summed E-state index contributed by atoms with van der Waals surface area (Å²) in [6.45, 7) is -0.0565. The van der Waals surface area contributed by atoms with E-state index in [4.69, 9.17) is 11.5 Å². The molecule has 0 aromatic heterocycles. The number of amides is 2. The first-order valence-corrected chi connectivity index (χ1v) is 7.16. The lowest BCUT2D eigenvalue weighted by atomic mass is 10.2. The molecular formula is C11H16N4O4S. The largest absolute Gasteiger partial charge is 0.398 e. The third kappa shape index (κ3) is 3.93. The molecule has 20 heavy (non-hydrogen) atoms. The second-order valence-corrected chi connectivity index (χ2v) is 5.67. The van der Waals surface area contributed by atoms with Crippen LogP contribution in [0.2, 0.25) is 0 Å². The van der Waals surface area contributed by atoms with Gasteiger partial charge in [0.2, 0.25) is 21.8 Å². The van der Waals surface area contributed by atoms with Crippen molar-refractivity contribution in [2.45, 2.75) is 11.3 Å². The quantitative estimate of drug-likeness (QED) is 0.487. The van der Waals surface area contributed by atoms with E-state index in [-0.39, 0.29) is 35.0 Å². The van der Waals surface area contributed by atoms with Gasteiger partial charge in [-0.2, -0.15) is 0 Å². The molecule has 0 aliphatic rings. The Kier molecular flexibility index (Phi) is 5.06. The molecule has 110 valence electrons. The van der Waals surface area contributed by atoms with Crippen LogP contribution in [0.5, 0.6) is 0 Å². The highest BCUT2D eigenvalue weighted by atomic mass is 32.2. The molecule has 0 bridgehead atoms. The molecule has 1 aromatic carbocycles. The summed E-state index contributed by atoms with van der Waals surface area (Å²) in [5.74, 6) is -0.988. The van der Waals surface area contributed by atoms with E-state index in [0.29, 0.717) is 0 Å². The normalized spacial score (nSPS) is 11.1. The van der Waals surface area contributed by atoms with Crippen molar-refractivity contribution in [1.82, 2.24) is 10.0 Å². The Balaban J connectivity index is 2.87. The fourth-order valence-corrected chi connectivity index (χ4v) is 2.59. The minimum Gasteiger partial charge on any atom is -0.398 e. The molecule has 0 aliphatic carbocycles. The molecule has 1 rings (SSSR count). The first-order valence-electron chi connectivity index (χ1n) is 5.67. The highest BCUT2D eigenvalue weighted by molar-refractivity contribution is 7.89. The third-order valence-corrected chi connectivity index (χ3v) is 4.04. The van der Waals surface area contributed by atoms with Gasteiger partial charge in [0, 0.05) is 25.6 Å². The van der Waals surface area contributed by atoms with Gasteiger partial charge in [-0.3, -0.25) is 9.59 Å². The predicted octanol–water partition coefficient (Wildman–Crippen LogP) is -1.22. The molecule has 0 heterocycles. The van der Waals surface area contributed by atoms with E-state index < -0.39 is 15.9 Å². The molecule has 8 nitrogen and oxygen atoms in total. The van der Waals surface area contributed by atoms with Crippen LogP contribution in [0.1, 0.15) is 16.8 Å². The number of rotatable bonds is 6. The zero-order valence-corrected chi connectivity index (χ0v) is 11.7. The minimum absolute atomic E-state index is 0.00893. The summed E-state index contributed by atoms with van der Waals surface area (Å²) >= 11 is 0. The van der Waals surface area contributed by atoms with Gasteiger partial charge < -0.3 is 16.8 Å². The monoisotopic (exact) mass is 300 g/mol. The number of carbonyl (C=O) groups is 2. The zero-order chi connectivity index (χ0) is 15.3. The number of benzene rings is 1. The number of primary amides is 1. The maximum atomic E-state index is 12.0. The highest BCUT2D eigenvalue weighted by Gasteiger charge is 2.18. The summed E-state index contributed by atoms with van der Waals surface area (Å²) < 4.78 is 26.2. The summed E-state index contributed by atoms with van der Waals surface area (Å²) in [5, 5.41) is 2.37. The number of carbonyl (C=O) groups excluding carboxylic acids is 2. The highest BCUT2D eigenvalue weighted by Crippen LogP contribution is 2.19. The topological polar surface area (TPSA) is 144 Å². The van der Waals surface area contributed by atoms with Crippen LogP contribution in [0.15, 0.2) is 23.1 Å². The second kappa shape index (κ2) is 6.35. The summed E-state index contributed by atoms with van der Waals surface area (Å²) in [6, 6.07) is 3.65. The first kappa shape index (κ1) is 15.9. The van der Waals surface area contributed by atoms with E-state index in [1.165, 1.54) is 25.2 Å². The Hall–Kier alpha value is -2.13. The minimum atomic E-state index is -3.84. The smallest absolute Gasteiger partial charge is 0.248 e. The molecule has 1 aromatic rings. The van der Waals surface area contributed by atoms with Crippen LogP contribution in [0.3, 0.4) is 0 Å². The van der Waals surface area contributed by atoms with Crippen LogP contribution < -0.4 is 21.5 Å². The van der Waals surface area contributed by atoms with Crippen molar-refractivity contribution in [2.24, 2.45) is 5.73 Å². The average Bonchev–Trinajstić information content (AvgIpc) is 2.37. The molecular weight excluding hydrogens is 284 g/mol. The molecule has 0 unspecified atom stereocenters. The predicted molar refractivity (Wildman–Crippen MR) is 73.2 cm³/mol. The number of nitrogen functional groups attached to an aromatic ring is 1. The summed E-state index contributed by atoms with van der Waals surface area (Å²) in [6.07, 6.45) is 0.00893. The van der Waals surface area contributed by atoms with Crippen LogP contribution in [0.25, 0.3) is 0 Å². The van der Waals surface area contributed by atoms with Gasteiger partial charge in [0.15, 0.2) is 0 Å². The van der Waals surface area contributed by atoms with E-state index in [9.17, 15) is 18.0 Å². The maximum Gasteiger partial charge on any atom is 0.248 e. The fraction of sp³-hybridized carbons (Fsp3) is 0.273. The fourth-order valence-electron chi connectivity index (χ4n) is 1.45. The zero-order valence-electron chi connectivity index (χ0n) is 10.8. The molecule has 2 amide bonds. The van der Waals surface area contributed by atoms with Gasteiger partial charge in [-0.05, 0) is 18.2 Å². The Morgan fingerprint density at radius 1 is 1.30 bits per heavy atom. The first-order chi connectivity index (χ1) is 9.27. The Labute approximate surface area is 116 Å². The third-order valence-electron chi connectivity index (χ3n) is 2.51. The Morgan fingerprint density at radius 2 is 1.95 bits per heavy atom. The second-order valence-electron chi connectivity index (χ2n) is 3.94. The molecule has 0 saturated carbocycles. The van der Waals surface area contributed by atoms with Crippen molar-refractivity contribution in [1.29, 1.82) is 0 Å². The van der Waals surface area contributed by atoms with Gasteiger partial charge in [-0.1, -0.05) is 0 Å². The van der Waals surface area contributed by atoms with Gasteiger partial charge in [0.25, 0.3) is 0 Å². The Morgan fingerprint density at radius 3 is 2.45 bits per heavy atom. The van der Waals surface area contributed by atoms with Crippen LogP contribution in [0.4, 0.5) is 5.69 Å². The van der Waals surface area contributed by atoms with Crippen molar-refractivity contribution in [3.8, 4) is 0 Å². The van der Waals surface area contributed by atoms with Gasteiger partial charge in [-0.15, -0.1) is 0 Å². The summed E-state index contributed by atoms with van der Waals surface area (Å²) in [7, 11) is -2.39. The molecule has 0 spiro atoms. The van der Waals surface area contributed by atoms with E-state index in [1.54, 1.807) is 0 Å². The molecule has 0 radical (unpaired) electrons. The number of hydrogen-bond acceptors (Lipinski definition) is 5. The van der Waals surface area contributed by atoms with Crippen molar-refractivity contribution >= 4 is 27.5 Å². The number of nitrogens with one attached hydrogen (secondary N) is 2. The number of anilines is 1. The van der Waals surface area contributed by atoms with Gasteiger partial charge in [-0.25, -0.2) is 13.1 Å². The molecule has 0 saturated heterocycles. The lowest BCUT2D eigenvalue weighted by Gasteiger charge is -2.09. The molecule has 0 aliphatic heterocycles. The standard InChI is InChI=1S/C11H16N4O4S/c1-14-10(16)4-5-15-20(18,19)9-3-2-7(11(13)17)6-8(9)12/h2-3,6,15H,4-5,12H2,1H3,(H2,13,17)(H,14,16). The molecule has 0 fully saturated rings. The van der Waals surface area contributed by atoms with Gasteiger partial charge >= 0.3 is 0 Å². The van der Waals surface area contributed by atoms with Crippen molar-refractivity contribution in [3.05, 3.63) is 23.8 Å². The number of nitrogens with two attached hydrogens (primary N) is 2. The molecule has 0 atom stereocenters. The van der Waals surface area contributed by atoms with Gasteiger partial charge in [0.05, 0.1) is 5.69 Å². The van der Waals surface area contributed by atoms with Crippen molar-refractivity contribution in [2.75, 3.05) is 19.3 Å². The van der Waals surface area contributed by atoms with Crippen LogP contribution >= 0.6 is 0 Å². The van der Waals surface area contributed by atoms with E-state index in [2.05, 4.69) is 10.0 Å². The van der Waals surface area contributed by atoms with Crippen LogP contribution in [-0.4, -0.2) is 33.8 Å². The van der Waals surface area contributed by atoms with Gasteiger partial charge in [0.1, 0.15) is 4.90 Å². The van der Waals surface area contributed by atoms with Crippen molar-refractivity contribution < 1.29 is 18.0 Å². The van der Waals surface area contributed by atoms with E-state index >= 15 is 0 Å². The number of sulfonamides is 1. The van der Waals surface area contributed by atoms with Crippen LogP contribution in [-0.2, 0) is 14.8 Å². The molecule has 9 heteroatoms. The van der Waals surface area contributed by atoms with E-state index in [1.807, 2.05) is 0 Å². The van der Waals surface area contributed by atoms with Crippen molar-refractivity contribution in [3.63, 3.8) is 0 Å². The lowest BCUT2D eigenvalue weighted by Crippen LogP contribution is -2.29. The summed E-state index contributed by atoms with van der Waals surface area (Å²) in [4.78, 5) is 21.8. The lowest BCUT2D eigenvalue weighted by molar-refractivity contribution is -0.120. The van der Waals surface area contributed by atoms with Crippen LogP contribution in [0, 0.1) is 0 Å².